The van der Waals surface area contributed by atoms with Gasteiger partial charge in [-0.25, -0.2) is 4.39 Å². The van der Waals surface area contributed by atoms with Crippen LogP contribution in [0.2, 0.25) is 0 Å². The first kappa shape index (κ1) is 17.2. The van der Waals surface area contributed by atoms with Gasteiger partial charge in [0.15, 0.2) is 5.01 Å². The number of carbonyl (C=O) groups excluding carboxylic acids is 1. The fourth-order valence-corrected chi connectivity index (χ4v) is 4.70. The highest BCUT2D eigenvalue weighted by atomic mass is 32.1. The Morgan fingerprint density at radius 3 is 2.88 bits per heavy atom. The minimum absolute atomic E-state index is 0.0268. The summed E-state index contributed by atoms with van der Waals surface area (Å²) in [6.07, 6.45) is 1.84. The summed E-state index contributed by atoms with van der Waals surface area (Å²) in [6.45, 7) is 3.09. The van der Waals surface area contributed by atoms with Crippen molar-refractivity contribution >= 4 is 28.8 Å². The van der Waals surface area contributed by atoms with E-state index in [0.29, 0.717) is 34.2 Å². The van der Waals surface area contributed by atoms with Crippen molar-refractivity contribution < 1.29 is 9.18 Å². The number of nitrogens with zero attached hydrogens (tertiary/aromatic N) is 5. The molecular weight excluding hydrogens is 373 g/mol. The minimum atomic E-state index is -0.302. The normalized spacial score (nSPS) is 17.5. The molecule has 4 rings (SSSR count). The van der Waals surface area contributed by atoms with Gasteiger partial charge in [-0.3, -0.25) is 4.79 Å². The molecule has 1 aliphatic heterocycles. The Morgan fingerprint density at radius 2 is 2.12 bits per heavy atom. The SMILES string of the molecule is Cc1nnsc1C(=O)N1CCC[C@@H](c2nnc(-c3ccccc3F)s2)C1. The van der Waals surface area contributed by atoms with E-state index in [1.54, 1.807) is 25.1 Å². The second-order valence-electron chi connectivity index (χ2n) is 6.20. The molecule has 3 heterocycles. The lowest BCUT2D eigenvalue weighted by Crippen LogP contribution is -2.39. The Balaban J connectivity index is 1.53. The van der Waals surface area contributed by atoms with Gasteiger partial charge < -0.3 is 4.90 Å². The number of carbonyl (C=O) groups is 1. The van der Waals surface area contributed by atoms with Crippen molar-refractivity contribution in [3.05, 3.63) is 45.7 Å². The number of likely N-dealkylation sites (tertiary alicyclic amines) is 1. The van der Waals surface area contributed by atoms with Gasteiger partial charge in [0.2, 0.25) is 0 Å². The van der Waals surface area contributed by atoms with Crippen LogP contribution in [0.3, 0.4) is 0 Å². The highest BCUT2D eigenvalue weighted by Crippen LogP contribution is 2.34. The summed E-state index contributed by atoms with van der Waals surface area (Å²) in [5.74, 6) is -0.211. The van der Waals surface area contributed by atoms with Crippen LogP contribution in [-0.2, 0) is 0 Å². The molecule has 0 unspecified atom stereocenters. The molecule has 9 heteroatoms. The van der Waals surface area contributed by atoms with Crippen molar-refractivity contribution in [3.8, 4) is 10.6 Å². The molecule has 0 spiro atoms. The van der Waals surface area contributed by atoms with Gasteiger partial charge in [-0.2, -0.15) is 0 Å². The number of aryl methyl sites for hydroxylation is 1. The van der Waals surface area contributed by atoms with Crippen LogP contribution in [0.4, 0.5) is 4.39 Å². The Kier molecular flexibility index (Phi) is 4.73. The van der Waals surface area contributed by atoms with Crippen LogP contribution in [-0.4, -0.2) is 43.7 Å². The molecule has 1 saturated heterocycles. The molecule has 1 amide bonds. The van der Waals surface area contributed by atoms with Crippen molar-refractivity contribution in [2.75, 3.05) is 13.1 Å². The smallest absolute Gasteiger partial charge is 0.267 e. The van der Waals surface area contributed by atoms with Gasteiger partial charge in [0.25, 0.3) is 5.91 Å². The Labute approximate surface area is 157 Å². The first-order valence-electron chi connectivity index (χ1n) is 8.30. The van der Waals surface area contributed by atoms with E-state index < -0.39 is 0 Å². The summed E-state index contributed by atoms with van der Waals surface area (Å²) in [7, 11) is 0. The van der Waals surface area contributed by atoms with Crippen molar-refractivity contribution in [2.24, 2.45) is 0 Å². The van der Waals surface area contributed by atoms with Crippen LogP contribution in [0.15, 0.2) is 24.3 Å². The molecule has 6 nitrogen and oxygen atoms in total. The van der Waals surface area contributed by atoms with Crippen LogP contribution >= 0.6 is 22.9 Å². The molecule has 1 aromatic carbocycles. The molecule has 0 saturated carbocycles. The van der Waals surface area contributed by atoms with Crippen LogP contribution in [0.1, 0.15) is 39.1 Å². The van der Waals surface area contributed by atoms with Crippen LogP contribution in [0, 0.1) is 12.7 Å². The third kappa shape index (κ3) is 3.24. The molecule has 26 heavy (non-hydrogen) atoms. The number of halogens is 1. The molecular formula is C17H16FN5OS2. The van der Waals surface area contributed by atoms with Crippen LogP contribution in [0.5, 0.6) is 0 Å². The van der Waals surface area contributed by atoms with Gasteiger partial charge in [0.05, 0.1) is 5.69 Å². The molecule has 1 fully saturated rings. The first-order chi connectivity index (χ1) is 12.6. The Morgan fingerprint density at radius 1 is 1.27 bits per heavy atom. The topological polar surface area (TPSA) is 71.9 Å². The number of aromatic nitrogens is 4. The van der Waals surface area contributed by atoms with E-state index in [-0.39, 0.29) is 17.6 Å². The number of hydrogen-bond acceptors (Lipinski definition) is 7. The zero-order chi connectivity index (χ0) is 18.1. The van der Waals surface area contributed by atoms with Gasteiger partial charge in [-0.1, -0.05) is 28.0 Å². The monoisotopic (exact) mass is 389 g/mol. The lowest BCUT2D eigenvalue weighted by atomic mass is 9.98. The molecule has 1 atom stereocenters. The van der Waals surface area contributed by atoms with Crippen molar-refractivity contribution in [2.45, 2.75) is 25.7 Å². The van der Waals surface area contributed by atoms with Crippen molar-refractivity contribution in [1.29, 1.82) is 0 Å². The molecule has 0 N–H and O–H groups in total. The predicted octanol–water partition coefficient (Wildman–Crippen LogP) is 3.52. The maximum atomic E-state index is 14.0. The molecule has 3 aromatic rings. The van der Waals surface area contributed by atoms with Crippen molar-refractivity contribution in [3.63, 3.8) is 0 Å². The maximum Gasteiger partial charge on any atom is 0.267 e. The number of amides is 1. The standard InChI is InChI=1S/C17H16FN5OS2/c1-10-14(26-22-19-10)17(24)23-8-4-5-11(9-23)15-20-21-16(25-15)12-6-2-3-7-13(12)18/h2-3,6-7,11H,4-5,8-9H2,1H3/t11-/m1/s1. The number of piperidine rings is 1. The van der Waals surface area contributed by atoms with E-state index in [1.807, 2.05) is 4.90 Å². The molecule has 0 aliphatic carbocycles. The average molecular weight is 389 g/mol. The lowest BCUT2D eigenvalue weighted by molar-refractivity contribution is 0.0711. The predicted molar refractivity (Wildman–Crippen MR) is 97.8 cm³/mol. The first-order valence-corrected chi connectivity index (χ1v) is 9.89. The highest BCUT2D eigenvalue weighted by Gasteiger charge is 2.29. The van der Waals surface area contributed by atoms with Gasteiger partial charge >= 0.3 is 0 Å². The maximum absolute atomic E-state index is 14.0. The molecule has 1 aliphatic rings. The molecule has 0 radical (unpaired) electrons. The summed E-state index contributed by atoms with van der Waals surface area (Å²) in [5.41, 5.74) is 1.13. The fourth-order valence-electron chi connectivity index (χ4n) is 3.08. The van der Waals surface area contributed by atoms with Gasteiger partial charge in [-0.15, -0.1) is 15.3 Å². The zero-order valence-electron chi connectivity index (χ0n) is 14.1. The molecule has 134 valence electrons. The van der Waals surface area contributed by atoms with E-state index in [9.17, 15) is 9.18 Å². The number of hydrogen-bond donors (Lipinski definition) is 0. The largest absolute Gasteiger partial charge is 0.337 e. The summed E-state index contributed by atoms with van der Waals surface area (Å²) in [5, 5.41) is 13.8. The highest BCUT2D eigenvalue weighted by molar-refractivity contribution is 7.14. The second-order valence-corrected chi connectivity index (χ2v) is 7.97. The van der Waals surface area contributed by atoms with E-state index in [1.165, 1.54) is 17.4 Å². The second kappa shape index (κ2) is 7.16. The third-order valence-corrected chi connectivity index (χ3v) is 6.38. The van der Waals surface area contributed by atoms with Crippen LogP contribution in [0.25, 0.3) is 10.6 Å². The van der Waals surface area contributed by atoms with E-state index in [0.717, 1.165) is 29.4 Å². The van der Waals surface area contributed by atoms with Gasteiger partial charge in [0, 0.05) is 24.6 Å². The minimum Gasteiger partial charge on any atom is -0.337 e. The number of benzene rings is 1. The van der Waals surface area contributed by atoms with Gasteiger partial charge in [0.1, 0.15) is 15.7 Å². The Bertz CT molecular complexity index is 941. The number of rotatable bonds is 3. The lowest BCUT2D eigenvalue weighted by Gasteiger charge is -2.31. The summed E-state index contributed by atoms with van der Waals surface area (Å²) < 4.78 is 17.8. The quantitative estimate of drug-likeness (QED) is 0.685. The van der Waals surface area contributed by atoms with Crippen molar-refractivity contribution in [1.82, 2.24) is 24.7 Å². The molecule has 2 aromatic heterocycles. The summed E-state index contributed by atoms with van der Waals surface area (Å²) >= 11 is 2.53. The zero-order valence-corrected chi connectivity index (χ0v) is 15.7. The molecule has 0 bridgehead atoms. The Hall–Kier alpha value is -2.26. The van der Waals surface area contributed by atoms with Gasteiger partial charge in [-0.05, 0) is 43.4 Å². The van der Waals surface area contributed by atoms with E-state index >= 15 is 0 Å². The fraction of sp³-hybridized carbons (Fsp3) is 0.353. The summed E-state index contributed by atoms with van der Waals surface area (Å²) in [6, 6.07) is 6.56. The van der Waals surface area contributed by atoms with E-state index in [4.69, 9.17) is 0 Å². The average Bonchev–Trinajstić information content (AvgIpc) is 3.31. The summed E-state index contributed by atoms with van der Waals surface area (Å²) in [4.78, 5) is 15.1. The van der Waals surface area contributed by atoms with Crippen LogP contribution < -0.4 is 0 Å². The van der Waals surface area contributed by atoms with E-state index in [2.05, 4.69) is 19.8 Å². The third-order valence-electron chi connectivity index (χ3n) is 4.45.